The lowest BCUT2D eigenvalue weighted by atomic mass is 10.2. The van der Waals surface area contributed by atoms with E-state index in [1.54, 1.807) is 26.0 Å². The fourth-order valence-corrected chi connectivity index (χ4v) is 2.40. The summed E-state index contributed by atoms with van der Waals surface area (Å²) in [6.45, 7) is 3.42. The zero-order valence-electron chi connectivity index (χ0n) is 11.3. The van der Waals surface area contributed by atoms with Crippen LogP contribution in [0.2, 0.25) is 0 Å². The Hall–Kier alpha value is -2.46. The highest BCUT2D eigenvalue weighted by Crippen LogP contribution is 2.36. The summed E-state index contributed by atoms with van der Waals surface area (Å²) >= 11 is 3.22. The Morgan fingerprint density at radius 1 is 1.33 bits per heavy atom. The normalized spacial score (nSPS) is 10.0. The number of hydrogen-bond donors (Lipinski definition) is 0. The van der Waals surface area contributed by atoms with E-state index in [1.807, 2.05) is 6.07 Å². The molecular formula is C14H10BrN3O3. The summed E-state index contributed by atoms with van der Waals surface area (Å²) in [4.78, 5) is 14.8. The van der Waals surface area contributed by atoms with Crippen molar-refractivity contribution in [1.29, 1.82) is 5.26 Å². The van der Waals surface area contributed by atoms with Crippen LogP contribution in [0.3, 0.4) is 0 Å². The van der Waals surface area contributed by atoms with Crippen molar-refractivity contribution < 1.29 is 9.66 Å². The van der Waals surface area contributed by atoms with Gasteiger partial charge in [0.05, 0.1) is 16.6 Å². The molecular weight excluding hydrogens is 338 g/mol. The Morgan fingerprint density at radius 2 is 2.05 bits per heavy atom. The summed E-state index contributed by atoms with van der Waals surface area (Å²) < 4.78 is 6.15. The van der Waals surface area contributed by atoms with Gasteiger partial charge in [-0.2, -0.15) is 5.26 Å². The first-order valence-electron chi connectivity index (χ1n) is 5.92. The number of rotatable bonds is 3. The molecule has 0 bridgehead atoms. The molecule has 21 heavy (non-hydrogen) atoms. The monoisotopic (exact) mass is 347 g/mol. The van der Waals surface area contributed by atoms with Gasteiger partial charge in [0.2, 0.25) is 11.6 Å². The summed E-state index contributed by atoms with van der Waals surface area (Å²) in [7, 11) is 0. The molecule has 0 aliphatic heterocycles. The van der Waals surface area contributed by atoms with Crippen LogP contribution in [-0.2, 0) is 0 Å². The second kappa shape index (κ2) is 5.89. The molecule has 0 saturated heterocycles. The second-order valence-electron chi connectivity index (χ2n) is 4.38. The van der Waals surface area contributed by atoms with Crippen molar-refractivity contribution >= 4 is 21.6 Å². The zero-order chi connectivity index (χ0) is 15.6. The predicted molar refractivity (Wildman–Crippen MR) is 79.3 cm³/mol. The van der Waals surface area contributed by atoms with Crippen molar-refractivity contribution in [2.24, 2.45) is 0 Å². The predicted octanol–water partition coefficient (Wildman–Crippen LogP) is 4.03. The van der Waals surface area contributed by atoms with E-state index >= 15 is 0 Å². The van der Waals surface area contributed by atoms with E-state index in [0.29, 0.717) is 21.3 Å². The number of halogens is 1. The van der Waals surface area contributed by atoms with E-state index in [4.69, 9.17) is 10.00 Å². The molecule has 2 aromatic rings. The van der Waals surface area contributed by atoms with Crippen LogP contribution in [0.15, 0.2) is 28.7 Å². The minimum absolute atomic E-state index is 0.116. The van der Waals surface area contributed by atoms with Gasteiger partial charge < -0.3 is 4.74 Å². The molecule has 6 nitrogen and oxygen atoms in total. The van der Waals surface area contributed by atoms with Gasteiger partial charge in [0.15, 0.2) is 0 Å². The Labute approximate surface area is 129 Å². The number of nitrogens with zero attached hydrogens (tertiary/aromatic N) is 3. The molecule has 106 valence electrons. The maximum Gasteiger partial charge on any atom is 0.313 e. The maximum absolute atomic E-state index is 11.1. The second-order valence-corrected chi connectivity index (χ2v) is 5.29. The number of hydrogen-bond acceptors (Lipinski definition) is 5. The van der Waals surface area contributed by atoms with Crippen LogP contribution >= 0.6 is 15.9 Å². The quantitative estimate of drug-likeness (QED) is 0.617. The number of nitro benzene ring substituents is 1. The molecule has 1 aromatic heterocycles. The van der Waals surface area contributed by atoms with Gasteiger partial charge in [0.1, 0.15) is 0 Å². The summed E-state index contributed by atoms with van der Waals surface area (Å²) in [5.41, 5.74) is 1.41. The first-order chi connectivity index (χ1) is 9.90. The summed E-state index contributed by atoms with van der Waals surface area (Å²) in [5.74, 6) is 0.269. The third-order valence-electron chi connectivity index (χ3n) is 2.68. The smallest absolute Gasteiger partial charge is 0.313 e. The van der Waals surface area contributed by atoms with Gasteiger partial charge in [-0.15, -0.1) is 0 Å². The molecule has 0 aliphatic rings. The SMILES string of the molecule is Cc1cc(C#N)cc(Oc2c(C)cc(Br)cc2[N+](=O)[O-])n1. The van der Waals surface area contributed by atoms with E-state index in [0.717, 1.165) is 0 Å². The van der Waals surface area contributed by atoms with Gasteiger partial charge in [0, 0.05) is 27.9 Å². The fourth-order valence-electron chi connectivity index (χ4n) is 1.84. The van der Waals surface area contributed by atoms with Crippen LogP contribution in [0.5, 0.6) is 11.6 Å². The fraction of sp³-hybridized carbons (Fsp3) is 0.143. The third-order valence-corrected chi connectivity index (χ3v) is 3.14. The summed E-state index contributed by atoms with van der Waals surface area (Å²) in [6, 6.07) is 8.12. The molecule has 1 heterocycles. The van der Waals surface area contributed by atoms with Crippen LogP contribution < -0.4 is 4.74 Å². The lowest BCUT2D eigenvalue weighted by molar-refractivity contribution is -0.385. The molecule has 1 aromatic carbocycles. The zero-order valence-corrected chi connectivity index (χ0v) is 12.8. The average molecular weight is 348 g/mol. The first kappa shape index (κ1) is 14.9. The number of nitriles is 1. The Balaban J connectivity index is 2.52. The van der Waals surface area contributed by atoms with Gasteiger partial charge in [-0.1, -0.05) is 15.9 Å². The largest absolute Gasteiger partial charge is 0.431 e. The number of ether oxygens (including phenoxy) is 1. The van der Waals surface area contributed by atoms with Crippen LogP contribution in [0.25, 0.3) is 0 Å². The highest BCUT2D eigenvalue weighted by molar-refractivity contribution is 9.10. The van der Waals surface area contributed by atoms with Gasteiger partial charge in [-0.3, -0.25) is 10.1 Å². The van der Waals surface area contributed by atoms with Crippen molar-refractivity contribution in [1.82, 2.24) is 4.98 Å². The van der Waals surface area contributed by atoms with Crippen LogP contribution in [0.4, 0.5) is 5.69 Å². The maximum atomic E-state index is 11.1. The van der Waals surface area contributed by atoms with Crippen LogP contribution in [0, 0.1) is 35.3 Å². The van der Waals surface area contributed by atoms with Crippen molar-refractivity contribution in [3.63, 3.8) is 0 Å². The molecule has 2 rings (SSSR count). The van der Waals surface area contributed by atoms with Gasteiger partial charge in [0.25, 0.3) is 0 Å². The average Bonchev–Trinajstić information content (AvgIpc) is 2.40. The Kier molecular flexibility index (Phi) is 4.19. The molecule has 0 fully saturated rings. The van der Waals surface area contributed by atoms with E-state index in [1.165, 1.54) is 12.1 Å². The van der Waals surface area contributed by atoms with Crippen LogP contribution in [-0.4, -0.2) is 9.91 Å². The molecule has 0 unspecified atom stereocenters. The molecule has 0 atom stereocenters. The highest BCUT2D eigenvalue weighted by atomic mass is 79.9. The van der Waals surface area contributed by atoms with Crippen molar-refractivity contribution in [2.45, 2.75) is 13.8 Å². The van der Waals surface area contributed by atoms with Crippen molar-refractivity contribution in [3.05, 3.63) is 55.7 Å². The minimum Gasteiger partial charge on any atom is -0.431 e. The molecule has 0 N–H and O–H groups in total. The first-order valence-corrected chi connectivity index (χ1v) is 6.71. The van der Waals surface area contributed by atoms with Crippen LogP contribution in [0.1, 0.15) is 16.8 Å². The van der Waals surface area contributed by atoms with E-state index < -0.39 is 4.92 Å². The lowest BCUT2D eigenvalue weighted by Crippen LogP contribution is -1.98. The molecule has 0 radical (unpaired) electrons. The minimum atomic E-state index is -0.520. The molecule has 7 heteroatoms. The number of aromatic nitrogens is 1. The Morgan fingerprint density at radius 3 is 2.67 bits per heavy atom. The van der Waals surface area contributed by atoms with E-state index in [9.17, 15) is 10.1 Å². The molecule has 0 spiro atoms. The number of aryl methyl sites for hydroxylation is 2. The number of pyridine rings is 1. The number of nitro groups is 1. The third kappa shape index (κ3) is 3.35. The highest BCUT2D eigenvalue weighted by Gasteiger charge is 2.20. The van der Waals surface area contributed by atoms with Gasteiger partial charge in [-0.05, 0) is 26.0 Å². The summed E-state index contributed by atoms with van der Waals surface area (Å²) in [5, 5.41) is 20.1. The van der Waals surface area contributed by atoms with E-state index in [2.05, 4.69) is 20.9 Å². The topological polar surface area (TPSA) is 89.0 Å². The van der Waals surface area contributed by atoms with E-state index in [-0.39, 0.29) is 17.3 Å². The van der Waals surface area contributed by atoms with Gasteiger partial charge in [-0.25, -0.2) is 4.98 Å². The van der Waals surface area contributed by atoms with Gasteiger partial charge >= 0.3 is 5.69 Å². The lowest BCUT2D eigenvalue weighted by Gasteiger charge is -2.09. The molecule has 0 amide bonds. The number of benzene rings is 1. The molecule has 0 saturated carbocycles. The summed E-state index contributed by atoms with van der Waals surface area (Å²) in [6.07, 6.45) is 0. The van der Waals surface area contributed by atoms with Crippen molar-refractivity contribution in [3.8, 4) is 17.7 Å². The standard InChI is InChI=1S/C14H10BrN3O3/c1-8-3-11(15)6-12(18(19)20)14(8)21-13-5-10(7-16)4-9(2)17-13/h3-6H,1-2H3. The Bertz CT molecular complexity index is 769. The molecule has 0 aliphatic carbocycles. The van der Waals surface area contributed by atoms with Crippen molar-refractivity contribution in [2.75, 3.05) is 0 Å².